The van der Waals surface area contributed by atoms with Crippen molar-refractivity contribution in [3.05, 3.63) is 69.8 Å². The van der Waals surface area contributed by atoms with Crippen LogP contribution in [0.15, 0.2) is 48.7 Å². The van der Waals surface area contributed by atoms with Gasteiger partial charge in [-0.3, -0.25) is 0 Å². The number of aromatic nitrogens is 3. The van der Waals surface area contributed by atoms with Gasteiger partial charge in [0.1, 0.15) is 0 Å². The molecule has 0 amide bonds. The van der Waals surface area contributed by atoms with Gasteiger partial charge in [-0.05, 0) is 36.2 Å². The van der Waals surface area contributed by atoms with Gasteiger partial charge >= 0.3 is 0 Å². The van der Waals surface area contributed by atoms with Crippen molar-refractivity contribution >= 4 is 29.0 Å². The van der Waals surface area contributed by atoms with Gasteiger partial charge in [0.05, 0.1) is 16.9 Å². The van der Waals surface area contributed by atoms with Crippen molar-refractivity contribution in [3.63, 3.8) is 0 Å². The van der Waals surface area contributed by atoms with E-state index in [-0.39, 0.29) is 0 Å². The molecular formula is C17H16Cl2N4. The van der Waals surface area contributed by atoms with E-state index in [9.17, 15) is 0 Å². The fraction of sp³-hybridized carbons (Fsp3) is 0.176. The Labute approximate surface area is 145 Å². The first-order valence-corrected chi connectivity index (χ1v) is 7.93. The highest BCUT2D eigenvalue weighted by Crippen LogP contribution is 2.25. The molecule has 0 saturated carbocycles. The van der Waals surface area contributed by atoms with Crippen LogP contribution in [0.2, 0.25) is 10.0 Å². The van der Waals surface area contributed by atoms with Crippen LogP contribution < -0.4 is 4.90 Å². The fourth-order valence-corrected chi connectivity index (χ4v) is 2.83. The Morgan fingerprint density at radius 2 is 1.91 bits per heavy atom. The topological polar surface area (TPSA) is 34.0 Å². The van der Waals surface area contributed by atoms with Gasteiger partial charge in [-0.2, -0.15) is 0 Å². The lowest BCUT2D eigenvalue weighted by Crippen LogP contribution is -2.17. The number of rotatable bonds is 4. The molecule has 118 valence electrons. The van der Waals surface area contributed by atoms with Gasteiger partial charge < -0.3 is 4.90 Å². The van der Waals surface area contributed by atoms with Crippen molar-refractivity contribution in [2.45, 2.75) is 13.5 Å². The largest absolute Gasteiger partial charge is 0.353 e. The molecule has 4 nitrogen and oxygen atoms in total. The van der Waals surface area contributed by atoms with Crippen LogP contribution in [0.1, 0.15) is 11.1 Å². The average Bonchev–Trinajstić information content (AvgIpc) is 2.99. The summed E-state index contributed by atoms with van der Waals surface area (Å²) in [6, 6.07) is 13.6. The summed E-state index contributed by atoms with van der Waals surface area (Å²) in [5, 5.41) is 9.52. The summed E-state index contributed by atoms with van der Waals surface area (Å²) in [6.07, 6.45) is 1.85. The van der Waals surface area contributed by atoms with Gasteiger partial charge in [-0.1, -0.05) is 52.7 Å². The second-order valence-corrected chi connectivity index (χ2v) is 6.24. The molecule has 0 saturated heterocycles. The van der Waals surface area contributed by atoms with E-state index in [0.717, 1.165) is 18.1 Å². The number of aryl methyl sites for hydroxylation is 1. The number of hydrogen-bond donors (Lipinski definition) is 0. The predicted molar refractivity (Wildman–Crippen MR) is 94.7 cm³/mol. The molecule has 0 spiro atoms. The molecule has 0 radical (unpaired) electrons. The molecular weight excluding hydrogens is 331 g/mol. The highest BCUT2D eigenvalue weighted by atomic mass is 35.5. The third-order valence-electron chi connectivity index (χ3n) is 3.70. The van der Waals surface area contributed by atoms with Crippen LogP contribution in [0.25, 0.3) is 5.69 Å². The Hall–Kier alpha value is -2.04. The lowest BCUT2D eigenvalue weighted by atomic mass is 10.1. The number of hydrogen-bond acceptors (Lipinski definition) is 3. The Kier molecular flexibility index (Phi) is 4.55. The number of anilines is 1. The van der Waals surface area contributed by atoms with Crippen LogP contribution in [0.3, 0.4) is 0 Å². The SMILES string of the molecule is Cc1ccccc1CN(C)c1cn(-c2ccc(Cl)cc2Cl)nn1. The molecule has 0 aliphatic rings. The lowest BCUT2D eigenvalue weighted by molar-refractivity contribution is 0.798. The predicted octanol–water partition coefficient (Wildman–Crippen LogP) is 4.52. The zero-order valence-corrected chi connectivity index (χ0v) is 14.4. The summed E-state index contributed by atoms with van der Waals surface area (Å²) in [4.78, 5) is 2.05. The first kappa shape index (κ1) is 15.8. The highest BCUT2D eigenvalue weighted by Gasteiger charge is 2.11. The fourth-order valence-electron chi connectivity index (χ4n) is 2.34. The zero-order valence-electron chi connectivity index (χ0n) is 12.9. The van der Waals surface area contributed by atoms with Crippen molar-refractivity contribution in [1.29, 1.82) is 0 Å². The molecule has 0 aliphatic carbocycles. The minimum absolute atomic E-state index is 0.538. The minimum atomic E-state index is 0.538. The van der Waals surface area contributed by atoms with Crippen molar-refractivity contribution in [2.24, 2.45) is 0 Å². The Balaban J connectivity index is 1.82. The number of halogens is 2. The Bertz CT molecular complexity index is 829. The average molecular weight is 347 g/mol. The van der Waals surface area contributed by atoms with Crippen molar-refractivity contribution < 1.29 is 0 Å². The van der Waals surface area contributed by atoms with E-state index in [0.29, 0.717) is 10.0 Å². The van der Waals surface area contributed by atoms with E-state index in [2.05, 4.69) is 34.3 Å². The van der Waals surface area contributed by atoms with Gasteiger partial charge in [-0.15, -0.1) is 5.10 Å². The zero-order chi connectivity index (χ0) is 16.4. The molecule has 6 heteroatoms. The van der Waals surface area contributed by atoms with E-state index in [1.165, 1.54) is 11.1 Å². The first-order valence-electron chi connectivity index (χ1n) is 7.18. The first-order chi connectivity index (χ1) is 11.0. The van der Waals surface area contributed by atoms with E-state index in [1.54, 1.807) is 16.8 Å². The maximum absolute atomic E-state index is 6.22. The molecule has 0 unspecified atom stereocenters. The van der Waals surface area contributed by atoms with Crippen LogP contribution >= 0.6 is 23.2 Å². The molecule has 3 aromatic rings. The quantitative estimate of drug-likeness (QED) is 0.696. The second kappa shape index (κ2) is 6.60. The van der Waals surface area contributed by atoms with Crippen LogP contribution in [0, 0.1) is 6.92 Å². The van der Waals surface area contributed by atoms with Crippen molar-refractivity contribution in [1.82, 2.24) is 15.0 Å². The maximum Gasteiger partial charge on any atom is 0.171 e. The minimum Gasteiger partial charge on any atom is -0.353 e. The number of nitrogens with zero attached hydrogens (tertiary/aromatic N) is 4. The van der Waals surface area contributed by atoms with Gasteiger partial charge in [0.25, 0.3) is 0 Å². The standard InChI is InChI=1S/C17H16Cl2N4/c1-12-5-3-4-6-13(12)10-22(2)17-11-23(21-20-17)16-8-7-14(18)9-15(16)19/h3-9,11H,10H2,1-2H3. The van der Waals surface area contributed by atoms with Gasteiger partial charge in [0, 0.05) is 18.6 Å². The Morgan fingerprint density at radius 3 is 2.65 bits per heavy atom. The van der Waals surface area contributed by atoms with Crippen LogP contribution in [0.5, 0.6) is 0 Å². The van der Waals surface area contributed by atoms with Crippen molar-refractivity contribution in [3.8, 4) is 5.69 Å². The van der Waals surface area contributed by atoms with Crippen LogP contribution in [-0.2, 0) is 6.54 Å². The number of benzene rings is 2. The molecule has 2 aromatic carbocycles. The molecule has 0 N–H and O–H groups in total. The monoisotopic (exact) mass is 346 g/mol. The van der Waals surface area contributed by atoms with E-state index < -0.39 is 0 Å². The molecule has 0 atom stereocenters. The smallest absolute Gasteiger partial charge is 0.171 e. The lowest BCUT2D eigenvalue weighted by Gasteiger charge is -2.16. The second-order valence-electron chi connectivity index (χ2n) is 5.40. The molecule has 0 fully saturated rings. The van der Waals surface area contributed by atoms with Gasteiger partial charge in [0.2, 0.25) is 0 Å². The molecule has 23 heavy (non-hydrogen) atoms. The third-order valence-corrected chi connectivity index (χ3v) is 4.24. The van der Waals surface area contributed by atoms with E-state index in [4.69, 9.17) is 23.2 Å². The van der Waals surface area contributed by atoms with E-state index >= 15 is 0 Å². The van der Waals surface area contributed by atoms with Crippen LogP contribution in [0.4, 0.5) is 5.82 Å². The third kappa shape index (κ3) is 3.49. The van der Waals surface area contributed by atoms with Crippen LogP contribution in [-0.4, -0.2) is 22.0 Å². The summed E-state index contributed by atoms with van der Waals surface area (Å²) in [7, 11) is 1.99. The summed E-state index contributed by atoms with van der Waals surface area (Å²) >= 11 is 12.1. The summed E-state index contributed by atoms with van der Waals surface area (Å²) in [6.45, 7) is 2.87. The normalized spacial score (nSPS) is 10.8. The molecule has 1 heterocycles. The summed E-state index contributed by atoms with van der Waals surface area (Å²) in [5.74, 6) is 0.777. The van der Waals surface area contributed by atoms with Crippen molar-refractivity contribution in [2.75, 3.05) is 11.9 Å². The molecule has 3 rings (SSSR count). The van der Waals surface area contributed by atoms with Gasteiger partial charge in [-0.25, -0.2) is 4.68 Å². The maximum atomic E-state index is 6.22. The molecule has 1 aromatic heterocycles. The Morgan fingerprint density at radius 1 is 1.13 bits per heavy atom. The highest BCUT2D eigenvalue weighted by molar-refractivity contribution is 6.35. The van der Waals surface area contributed by atoms with E-state index in [1.807, 2.05) is 31.4 Å². The van der Waals surface area contributed by atoms with Gasteiger partial charge in [0.15, 0.2) is 5.82 Å². The summed E-state index contributed by atoms with van der Waals surface area (Å²) in [5.41, 5.74) is 3.26. The summed E-state index contributed by atoms with van der Waals surface area (Å²) < 4.78 is 1.66. The molecule has 0 bridgehead atoms. The molecule has 0 aliphatic heterocycles.